The Kier molecular flexibility index (Phi) is 1.69. The molecule has 0 atom stereocenters. The molecule has 0 aliphatic rings. The second-order valence-electron chi connectivity index (χ2n) is 4.51. The Labute approximate surface area is 78.8 Å². The van der Waals surface area contributed by atoms with Gasteiger partial charge in [-0.1, -0.05) is 39.0 Å². The fourth-order valence-corrected chi connectivity index (χ4v) is 1.74. The number of rotatable bonds is 0. The van der Waals surface area contributed by atoms with E-state index in [9.17, 15) is 0 Å². The zero-order valence-corrected chi connectivity index (χ0v) is 8.39. The van der Waals surface area contributed by atoms with Crippen molar-refractivity contribution in [3.8, 4) is 0 Å². The SMILES string of the molecule is CC(C)(C)c1cccc2c[nH]cc12. The molecule has 1 N–H and O–H groups in total. The van der Waals surface area contributed by atoms with E-state index in [-0.39, 0.29) is 5.41 Å². The molecule has 1 heteroatoms. The van der Waals surface area contributed by atoms with Crippen LogP contribution in [0.25, 0.3) is 10.8 Å². The molecule has 0 amide bonds. The molecule has 1 nitrogen and oxygen atoms in total. The van der Waals surface area contributed by atoms with Crippen LogP contribution in [0.5, 0.6) is 0 Å². The van der Waals surface area contributed by atoms with E-state index in [1.807, 2.05) is 6.20 Å². The van der Waals surface area contributed by atoms with Crippen molar-refractivity contribution in [2.75, 3.05) is 0 Å². The second kappa shape index (κ2) is 2.63. The van der Waals surface area contributed by atoms with Gasteiger partial charge in [0.2, 0.25) is 0 Å². The number of H-pyrrole nitrogens is 1. The van der Waals surface area contributed by atoms with Gasteiger partial charge in [0.15, 0.2) is 0 Å². The van der Waals surface area contributed by atoms with Crippen molar-refractivity contribution in [3.63, 3.8) is 0 Å². The molecular formula is C12H15N. The summed E-state index contributed by atoms with van der Waals surface area (Å²) in [4.78, 5) is 3.15. The van der Waals surface area contributed by atoms with E-state index < -0.39 is 0 Å². The minimum atomic E-state index is 0.224. The lowest BCUT2D eigenvalue weighted by atomic mass is 9.85. The maximum absolute atomic E-state index is 3.15. The monoisotopic (exact) mass is 173 g/mol. The summed E-state index contributed by atoms with van der Waals surface area (Å²) < 4.78 is 0. The lowest BCUT2D eigenvalue weighted by Gasteiger charge is -2.19. The zero-order chi connectivity index (χ0) is 9.47. The molecule has 0 unspecified atom stereocenters. The predicted octanol–water partition coefficient (Wildman–Crippen LogP) is 3.47. The van der Waals surface area contributed by atoms with Crippen LogP contribution < -0.4 is 0 Å². The molecule has 0 radical (unpaired) electrons. The van der Waals surface area contributed by atoms with Crippen LogP contribution in [0.1, 0.15) is 26.3 Å². The fourth-order valence-electron chi connectivity index (χ4n) is 1.74. The zero-order valence-electron chi connectivity index (χ0n) is 8.39. The van der Waals surface area contributed by atoms with Gasteiger partial charge in [-0.25, -0.2) is 0 Å². The molecule has 0 saturated carbocycles. The molecule has 2 rings (SSSR count). The van der Waals surface area contributed by atoms with Crippen molar-refractivity contribution >= 4 is 10.8 Å². The number of hydrogen-bond acceptors (Lipinski definition) is 0. The molecule has 2 aromatic rings. The molecule has 1 aromatic carbocycles. The van der Waals surface area contributed by atoms with Gasteiger partial charge in [0.05, 0.1) is 0 Å². The van der Waals surface area contributed by atoms with Crippen molar-refractivity contribution in [3.05, 3.63) is 36.2 Å². The quantitative estimate of drug-likeness (QED) is 0.628. The summed E-state index contributed by atoms with van der Waals surface area (Å²) in [6.07, 6.45) is 4.13. The molecule has 0 aliphatic heterocycles. The van der Waals surface area contributed by atoms with Crippen LogP contribution in [0.15, 0.2) is 30.6 Å². The number of hydrogen-bond donors (Lipinski definition) is 1. The highest BCUT2D eigenvalue weighted by molar-refractivity contribution is 5.86. The Morgan fingerprint density at radius 3 is 2.54 bits per heavy atom. The first-order valence-electron chi connectivity index (χ1n) is 4.65. The first-order chi connectivity index (χ1) is 6.09. The number of aromatic nitrogens is 1. The fraction of sp³-hybridized carbons (Fsp3) is 0.333. The highest BCUT2D eigenvalue weighted by Gasteiger charge is 2.16. The average Bonchev–Trinajstić information content (AvgIpc) is 2.48. The molecule has 1 heterocycles. The maximum Gasteiger partial charge on any atom is 0.00873 e. The molecule has 68 valence electrons. The Morgan fingerprint density at radius 1 is 1.08 bits per heavy atom. The Morgan fingerprint density at radius 2 is 1.85 bits per heavy atom. The van der Waals surface area contributed by atoms with E-state index in [4.69, 9.17) is 0 Å². The Hall–Kier alpha value is -1.24. The number of benzene rings is 1. The van der Waals surface area contributed by atoms with Crippen molar-refractivity contribution in [2.24, 2.45) is 0 Å². The van der Waals surface area contributed by atoms with Gasteiger partial charge in [0.1, 0.15) is 0 Å². The lowest BCUT2D eigenvalue weighted by molar-refractivity contribution is 0.596. The van der Waals surface area contributed by atoms with E-state index in [0.29, 0.717) is 0 Å². The van der Waals surface area contributed by atoms with E-state index in [0.717, 1.165) is 0 Å². The summed E-state index contributed by atoms with van der Waals surface area (Å²) >= 11 is 0. The molecule has 0 fully saturated rings. The summed E-state index contributed by atoms with van der Waals surface area (Å²) in [7, 11) is 0. The summed E-state index contributed by atoms with van der Waals surface area (Å²) in [6, 6.07) is 6.47. The van der Waals surface area contributed by atoms with Crippen LogP contribution in [0.3, 0.4) is 0 Å². The third-order valence-electron chi connectivity index (χ3n) is 2.41. The van der Waals surface area contributed by atoms with Crippen LogP contribution in [0.4, 0.5) is 0 Å². The van der Waals surface area contributed by atoms with Gasteiger partial charge in [0.25, 0.3) is 0 Å². The first-order valence-corrected chi connectivity index (χ1v) is 4.65. The molecule has 0 aliphatic carbocycles. The summed E-state index contributed by atoms with van der Waals surface area (Å²) in [5, 5.41) is 2.64. The number of nitrogens with one attached hydrogen (secondary N) is 1. The Bertz CT molecular complexity index is 418. The van der Waals surface area contributed by atoms with Gasteiger partial charge >= 0.3 is 0 Å². The van der Waals surface area contributed by atoms with Crippen molar-refractivity contribution in [2.45, 2.75) is 26.2 Å². The molecule has 13 heavy (non-hydrogen) atoms. The Balaban J connectivity index is 2.75. The predicted molar refractivity (Wildman–Crippen MR) is 57.0 cm³/mol. The smallest absolute Gasteiger partial charge is 0.00873 e. The van der Waals surface area contributed by atoms with Crippen LogP contribution >= 0.6 is 0 Å². The second-order valence-corrected chi connectivity index (χ2v) is 4.51. The third-order valence-corrected chi connectivity index (χ3v) is 2.41. The minimum Gasteiger partial charge on any atom is -0.366 e. The van der Waals surface area contributed by atoms with E-state index in [1.54, 1.807) is 0 Å². The molecular weight excluding hydrogens is 158 g/mol. The highest BCUT2D eigenvalue weighted by Crippen LogP contribution is 2.29. The largest absolute Gasteiger partial charge is 0.366 e. The number of fused-ring (bicyclic) bond motifs is 1. The van der Waals surface area contributed by atoms with Gasteiger partial charge in [-0.2, -0.15) is 0 Å². The van der Waals surface area contributed by atoms with Crippen LogP contribution in [-0.4, -0.2) is 4.98 Å². The minimum absolute atomic E-state index is 0.224. The average molecular weight is 173 g/mol. The summed E-state index contributed by atoms with van der Waals surface area (Å²) in [5.41, 5.74) is 1.63. The third kappa shape index (κ3) is 1.35. The van der Waals surface area contributed by atoms with Gasteiger partial charge in [0, 0.05) is 17.8 Å². The van der Waals surface area contributed by atoms with Gasteiger partial charge in [-0.3, -0.25) is 0 Å². The molecule has 0 bridgehead atoms. The van der Waals surface area contributed by atoms with Crippen molar-refractivity contribution < 1.29 is 0 Å². The molecule has 0 saturated heterocycles. The molecule has 0 spiro atoms. The van der Waals surface area contributed by atoms with Gasteiger partial charge in [-0.05, 0) is 16.4 Å². The van der Waals surface area contributed by atoms with Crippen LogP contribution in [0.2, 0.25) is 0 Å². The summed E-state index contributed by atoms with van der Waals surface area (Å²) in [5.74, 6) is 0. The van der Waals surface area contributed by atoms with Crippen molar-refractivity contribution in [1.82, 2.24) is 4.98 Å². The molecule has 1 aromatic heterocycles. The maximum atomic E-state index is 3.15. The van der Waals surface area contributed by atoms with E-state index in [1.165, 1.54) is 16.3 Å². The van der Waals surface area contributed by atoms with Crippen LogP contribution in [-0.2, 0) is 5.41 Å². The van der Waals surface area contributed by atoms with Gasteiger partial charge in [-0.15, -0.1) is 0 Å². The standard InChI is InChI=1S/C12H15N/c1-12(2,3)11-6-4-5-9-7-13-8-10(9)11/h4-8,13H,1-3H3. The normalized spacial score (nSPS) is 12.2. The van der Waals surface area contributed by atoms with Crippen molar-refractivity contribution in [1.29, 1.82) is 0 Å². The highest BCUT2D eigenvalue weighted by atomic mass is 14.6. The lowest BCUT2D eigenvalue weighted by Crippen LogP contribution is -2.10. The van der Waals surface area contributed by atoms with E-state index in [2.05, 4.69) is 50.2 Å². The van der Waals surface area contributed by atoms with E-state index >= 15 is 0 Å². The topological polar surface area (TPSA) is 15.8 Å². The summed E-state index contributed by atoms with van der Waals surface area (Å²) in [6.45, 7) is 6.73. The van der Waals surface area contributed by atoms with Crippen LogP contribution in [0, 0.1) is 0 Å². The van der Waals surface area contributed by atoms with Gasteiger partial charge < -0.3 is 4.98 Å². The first kappa shape index (κ1) is 8.36. The number of aromatic amines is 1.